The standard InChI is InChI=1S/C23H22F2N4O3/c1-12-6-17(28-22(31)20(30)13-7-15(24)10-16(25)8-13)4-5-18(12)14-9-19(21(26)27-11-14)23(32)29(2)3/h4-11,20,30H,1-3H3,(H2,26,27)(H,28,31)/t20-/m0/s1. The Morgan fingerprint density at radius 2 is 1.75 bits per heavy atom. The molecule has 1 heterocycles. The number of aliphatic hydroxyl groups is 1. The van der Waals surface area contributed by atoms with Gasteiger partial charge in [0, 0.05) is 37.6 Å². The van der Waals surface area contributed by atoms with Gasteiger partial charge in [0.2, 0.25) is 0 Å². The summed E-state index contributed by atoms with van der Waals surface area (Å²) >= 11 is 0. The van der Waals surface area contributed by atoms with Crippen LogP contribution in [-0.4, -0.2) is 40.9 Å². The first-order valence-electron chi connectivity index (χ1n) is 9.60. The van der Waals surface area contributed by atoms with Crippen LogP contribution >= 0.6 is 0 Å². The molecule has 1 aromatic heterocycles. The Balaban J connectivity index is 1.83. The number of anilines is 2. The SMILES string of the molecule is Cc1cc(NC(=O)[C@@H](O)c2cc(F)cc(F)c2)ccc1-c1cnc(N)c(C(=O)N(C)C)c1. The molecule has 1 atom stereocenters. The summed E-state index contributed by atoms with van der Waals surface area (Å²) in [6.07, 6.45) is -0.203. The van der Waals surface area contributed by atoms with Crippen molar-refractivity contribution in [1.82, 2.24) is 9.88 Å². The second-order valence-corrected chi connectivity index (χ2v) is 7.48. The van der Waals surface area contributed by atoms with Crippen LogP contribution in [0.25, 0.3) is 11.1 Å². The predicted octanol–water partition coefficient (Wildman–Crippen LogP) is 3.29. The van der Waals surface area contributed by atoms with Gasteiger partial charge < -0.3 is 21.1 Å². The highest BCUT2D eigenvalue weighted by molar-refractivity contribution is 5.99. The third kappa shape index (κ3) is 4.89. The van der Waals surface area contributed by atoms with E-state index < -0.39 is 23.6 Å². The molecule has 0 saturated carbocycles. The van der Waals surface area contributed by atoms with Gasteiger partial charge in [-0.1, -0.05) is 6.07 Å². The Hall–Kier alpha value is -3.85. The first kappa shape index (κ1) is 22.8. The lowest BCUT2D eigenvalue weighted by Crippen LogP contribution is -2.23. The van der Waals surface area contributed by atoms with Crippen LogP contribution in [0.15, 0.2) is 48.7 Å². The van der Waals surface area contributed by atoms with Crippen molar-refractivity contribution in [2.24, 2.45) is 0 Å². The number of carbonyl (C=O) groups excluding carboxylic acids is 2. The number of amides is 2. The maximum atomic E-state index is 13.4. The lowest BCUT2D eigenvalue weighted by Gasteiger charge is -2.15. The molecule has 0 bridgehead atoms. The smallest absolute Gasteiger partial charge is 0.257 e. The van der Waals surface area contributed by atoms with Crippen LogP contribution < -0.4 is 11.1 Å². The molecule has 0 aliphatic heterocycles. The van der Waals surface area contributed by atoms with E-state index in [1.54, 1.807) is 51.5 Å². The molecule has 2 aromatic carbocycles. The Kier molecular flexibility index (Phi) is 6.50. The van der Waals surface area contributed by atoms with Gasteiger partial charge in [0.15, 0.2) is 6.10 Å². The number of aryl methyl sites for hydroxylation is 1. The molecule has 7 nitrogen and oxygen atoms in total. The summed E-state index contributed by atoms with van der Waals surface area (Å²) in [5.74, 6) is -2.78. The molecular formula is C23H22F2N4O3. The van der Waals surface area contributed by atoms with E-state index in [-0.39, 0.29) is 22.9 Å². The predicted molar refractivity (Wildman–Crippen MR) is 117 cm³/mol. The van der Waals surface area contributed by atoms with Crippen molar-refractivity contribution in [3.8, 4) is 11.1 Å². The average molecular weight is 440 g/mol. The molecule has 0 radical (unpaired) electrons. The average Bonchev–Trinajstić information content (AvgIpc) is 2.72. The number of halogens is 2. The summed E-state index contributed by atoms with van der Waals surface area (Å²) in [5.41, 5.74) is 8.47. The molecule has 9 heteroatoms. The summed E-state index contributed by atoms with van der Waals surface area (Å²) in [6.45, 7) is 1.80. The molecule has 3 aromatic rings. The van der Waals surface area contributed by atoms with Gasteiger partial charge in [0.1, 0.15) is 17.5 Å². The van der Waals surface area contributed by atoms with E-state index in [1.807, 2.05) is 0 Å². The van der Waals surface area contributed by atoms with Crippen molar-refractivity contribution in [3.05, 3.63) is 77.0 Å². The van der Waals surface area contributed by atoms with E-state index in [2.05, 4.69) is 10.3 Å². The maximum Gasteiger partial charge on any atom is 0.257 e. The number of hydrogen-bond donors (Lipinski definition) is 3. The number of pyridine rings is 1. The fourth-order valence-electron chi connectivity index (χ4n) is 3.20. The third-order valence-electron chi connectivity index (χ3n) is 4.81. The van der Waals surface area contributed by atoms with Gasteiger partial charge >= 0.3 is 0 Å². The highest BCUT2D eigenvalue weighted by atomic mass is 19.1. The van der Waals surface area contributed by atoms with Gasteiger partial charge in [-0.15, -0.1) is 0 Å². The number of aliphatic hydroxyl groups excluding tert-OH is 1. The first-order valence-corrected chi connectivity index (χ1v) is 9.60. The molecule has 4 N–H and O–H groups in total. The second-order valence-electron chi connectivity index (χ2n) is 7.48. The number of rotatable bonds is 5. The molecule has 0 spiro atoms. The number of benzene rings is 2. The minimum Gasteiger partial charge on any atom is -0.383 e. The van der Waals surface area contributed by atoms with Crippen molar-refractivity contribution in [1.29, 1.82) is 0 Å². The van der Waals surface area contributed by atoms with E-state index >= 15 is 0 Å². The van der Waals surface area contributed by atoms with E-state index in [0.717, 1.165) is 23.3 Å². The minimum atomic E-state index is -1.75. The van der Waals surface area contributed by atoms with Crippen LogP contribution in [0, 0.1) is 18.6 Å². The van der Waals surface area contributed by atoms with Crippen LogP contribution in [0.1, 0.15) is 27.6 Å². The monoisotopic (exact) mass is 440 g/mol. The number of carbonyl (C=O) groups is 2. The van der Waals surface area contributed by atoms with Crippen molar-refractivity contribution in [2.45, 2.75) is 13.0 Å². The van der Waals surface area contributed by atoms with Crippen molar-refractivity contribution < 1.29 is 23.5 Å². The van der Waals surface area contributed by atoms with Gasteiger partial charge in [-0.25, -0.2) is 13.8 Å². The van der Waals surface area contributed by atoms with Crippen molar-refractivity contribution in [2.75, 3.05) is 25.1 Å². The van der Waals surface area contributed by atoms with Gasteiger partial charge in [0.25, 0.3) is 11.8 Å². The molecule has 0 aliphatic rings. The molecule has 3 rings (SSSR count). The Morgan fingerprint density at radius 3 is 2.34 bits per heavy atom. The Labute approximate surface area is 183 Å². The van der Waals surface area contributed by atoms with Gasteiger partial charge in [-0.05, 0) is 53.9 Å². The zero-order valence-corrected chi connectivity index (χ0v) is 17.7. The van der Waals surface area contributed by atoms with Gasteiger partial charge in [-0.3, -0.25) is 9.59 Å². The molecule has 0 fully saturated rings. The number of nitrogens with two attached hydrogens (primary N) is 1. The summed E-state index contributed by atoms with van der Waals surface area (Å²) in [4.78, 5) is 30.2. The summed E-state index contributed by atoms with van der Waals surface area (Å²) < 4.78 is 26.7. The lowest BCUT2D eigenvalue weighted by molar-refractivity contribution is -0.124. The van der Waals surface area contributed by atoms with E-state index in [0.29, 0.717) is 17.3 Å². The normalized spacial score (nSPS) is 11.7. The van der Waals surface area contributed by atoms with E-state index in [4.69, 9.17) is 5.73 Å². The zero-order valence-electron chi connectivity index (χ0n) is 17.7. The molecule has 0 saturated heterocycles. The van der Waals surface area contributed by atoms with E-state index in [1.165, 1.54) is 4.90 Å². The van der Waals surface area contributed by atoms with Crippen molar-refractivity contribution in [3.63, 3.8) is 0 Å². The molecule has 0 aliphatic carbocycles. The first-order chi connectivity index (χ1) is 15.1. The summed E-state index contributed by atoms with van der Waals surface area (Å²) in [5, 5.41) is 12.7. The lowest BCUT2D eigenvalue weighted by atomic mass is 9.99. The fourth-order valence-corrected chi connectivity index (χ4v) is 3.20. The molecule has 2 amide bonds. The van der Waals surface area contributed by atoms with Gasteiger partial charge in [0.05, 0.1) is 5.56 Å². The zero-order chi connectivity index (χ0) is 23.6. The number of nitrogens with zero attached hydrogens (tertiary/aromatic N) is 2. The van der Waals surface area contributed by atoms with E-state index in [9.17, 15) is 23.5 Å². The van der Waals surface area contributed by atoms with Crippen LogP contribution in [0.4, 0.5) is 20.3 Å². The third-order valence-corrected chi connectivity index (χ3v) is 4.81. The van der Waals surface area contributed by atoms with Gasteiger partial charge in [-0.2, -0.15) is 0 Å². The van der Waals surface area contributed by atoms with Crippen molar-refractivity contribution >= 4 is 23.3 Å². The van der Waals surface area contributed by atoms with Crippen LogP contribution in [0.3, 0.4) is 0 Å². The number of hydrogen-bond acceptors (Lipinski definition) is 5. The summed E-state index contributed by atoms with van der Waals surface area (Å²) in [6, 6.07) is 9.06. The highest BCUT2D eigenvalue weighted by Crippen LogP contribution is 2.28. The highest BCUT2D eigenvalue weighted by Gasteiger charge is 2.20. The van der Waals surface area contributed by atoms with Crippen LogP contribution in [-0.2, 0) is 4.79 Å². The topological polar surface area (TPSA) is 109 Å². The Morgan fingerprint density at radius 1 is 1.09 bits per heavy atom. The number of aromatic nitrogens is 1. The molecule has 166 valence electrons. The Bertz CT molecular complexity index is 1180. The summed E-state index contributed by atoms with van der Waals surface area (Å²) in [7, 11) is 3.23. The quantitative estimate of drug-likeness (QED) is 0.564. The number of nitrogens with one attached hydrogen (secondary N) is 1. The minimum absolute atomic E-state index is 0.122. The largest absolute Gasteiger partial charge is 0.383 e. The van der Waals surface area contributed by atoms with Crippen LogP contribution in [0.2, 0.25) is 0 Å². The molecule has 32 heavy (non-hydrogen) atoms. The number of nitrogen functional groups attached to an aromatic ring is 1. The fraction of sp³-hybridized carbons (Fsp3) is 0.174. The van der Waals surface area contributed by atoms with Crippen LogP contribution in [0.5, 0.6) is 0 Å². The molecule has 0 unspecified atom stereocenters. The maximum absolute atomic E-state index is 13.4. The second kappa shape index (κ2) is 9.11. The molecular weight excluding hydrogens is 418 g/mol.